The van der Waals surface area contributed by atoms with Crippen LogP contribution < -0.4 is 10.5 Å². The maximum atomic E-state index is 12.2. The third-order valence-corrected chi connectivity index (χ3v) is 4.92. The van der Waals surface area contributed by atoms with E-state index < -0.39 is 15.9 Å². The summed E-state index contributed by atoms with van der Waals surface area (Å²) in [5.41, 5.74) is 5.67. The van der Waals surface area contributed by atoms with E-state index in [1.54, 1.807) is 30.3 Å². The number of carbonyl (C=O) groups excluding carboxylic acids is 1. The zero-order chi connectivity index (χ0) is 14.8. The summed E-state index contributed by atoms with van der Waals surface area (Å²) in [5, 5.41) is 0. The van der Waals surface area contributed by atoms with Crippen molar-refractivity contribution < 1.29 is 13.2 Å². The summed E-state index contributed by atoms with van der Waals surface area (Å²) in [6, 6.07) is 12.4. The van der Waals surface area contributed by atoms with Crippen molar-refractivity contribution in [2.45, 2.75) is 4.90 Å². The molecule has 3 N–H and O–H groups in total. The molecule has 0 unspecified atom stereocenters. The first-order chi connectivity index (χ1) is 9.40. The van der Waals surface area contributed by atoms with Gasteiger partial charge in [-0.3, -0.25) is 9.52 Å². The average molecular weight is 355 g/mol. The highest BCUT2D eigenvalue weighted by atomic mass is 79.9. The predicted octanol–water partition coefficient (Wildman–Crippen LogP) is 2.35. The van der Waals surface area contributed by atoms with Gasteiger partial charge in [-0.05, 0) is 46.3 Å². The third kappa shape index (κ3) is 3.17. The molecule has 7 heteroatoms. The van der Waals surface area contributed by atoms with Crippen LogP contribution in [-0.4, -0.2) is 14.3 Å². The van der Waals surface area contributed by atoms with E-state index in [1.807, 2.05) is 0 Å². The summed E-state index contributed by atoms with van der Waals surface area (Å²) in [6.07, 6.45) is 0. The first kappa shape index (κ1) is 14.5. The molecule has 0 spiro atoms. The van der Waals surface area contributed by atoms with Gasteiger partial charge < -0.3 is 5.73 Å². The number of nitrogens with one attached hydrogen (secondary N) is 1. The second-order valence-corrected chi connectivity index (χ2v) is 6.49. The molecule has 0 aromatic heterocycles. The van der Waals surface area contributed by atoms with E-state index in [4.69, 9.17) is 5.73 Å². The fraction of sp³-hybridized carbons (Fsp3) is 0. The molecule has 0 aliphatic heterocycles. The van der Waals surface area contributed by atoms with Crippen molar-refractivity contribution in [3.63, 3.8) is 0 Å². The van der Waals surface area contributed by atoms with Gasteiger partial charge in [-0.1, -0.05) is 18.2 Å². The maximum Gasteiger partial charge on any atom is 0.263 e. The zero-order valence-electron chi connectivity index (χ0n) is 10.2. The zero-order valence-corrected chi connectivity index (χ0v) is 12.6. The van der Waals surface area contributed by atoms with Crippen LogP contribution >= 0.6 is 15.9 Å². The fourth-order valence-corrected chi connectivity index (χ4v) is 3.66. The number of benzene rings is 2. The maximum absolute atomic E-state index is 12.2. The Balaban J connectivity index is 2.36. The van der Waals surface area contributed by atoms with E-state index in [9.17, 15) is 13.2 Å². The molecule has 2 aromatic rings. The number of amides is 1. The highest BCUT2D eigenvalue weighted by molar-refractivity contribution is 9.10. The van der Waals surface area contributed by atoms with Gasteiger partial charge in [0.15, 0.2) is 0 Å². The summed E-state index contributed by atoms with van der Waals surface area (Å²) in [4.78, 5) is 11.2. The van der Waals surface area contributed by atoms with Crippen LogP contribution in [0.2, 0.25) is 0 Å². The molecule has 0 bridgehead atoms. The number of primary amides is 1. The standard InChI is InChI=1S/C13H11BrN2O3S/c14-11-6-1-2-7-12(11)20(18,19)16-10-5-3-4-9(8-10)13(15)17/h1-8,16H,(H2,15,17). The fourth-order valence-electron chi connectivity index (χ4n) is 1.61. The van der Waals surface area contributed by atoms with Gasteiger partial charge in [0.1, 0.15) is 4.90 Å². The highest BCUT2D eigenvalue weighted by Crippen LogP contribution is 2.24. The summed E-state index contributed by atoms with van der Waals surface area (Å²) in [6.45, 7) is 0. The first-order valence-electron chi connectivity index (χ1n) is 5.57. The number of halogens is 1. The summed E-state index contributed by atoms with van der Waals surface area (Å²) in [5.74, 6) is -0.619. The Morgan fingerprint density at radius 3 is 2.45 bits per heavy atom. The van der Waals surface area contributed by atoms with Crippen LogP contribution in [0.5, 0.6) is 0 Å². The molecule has 0 radical (unpaired) electrons. The number of hydrogen-bond donors (Lipinski definition) is 2. The Morgan fingerprint density at radius 2 is 1.80 bits per heavy atom. The van der Waals surface area contributed by atoms with Crippen LogP contribution in [0.25, 0.3) is 0 Å². The van der Waals surface area contributed by atoms with Gasteiger partial charge in [0.25, 0.3) is 10.0 Å². The van der Waals surface area contributed by atoms with Crippen molar-refractivity contribution in [2.24, 2.45) is 5.73 Å². The predicted molar refractivity (Wildman–Crippen MR) is 79.9 cm³/mol. The van der Waals surface area contributed by atoms with Crippen LogP contribution in [0.15, 0.2) is 57.9 Å². The lowest BCUT2D eigenvalue weighted by molar-refractivity contribution is 0.100. The topological polar surface area (TPSA) is 89.3 Å². The molecule has 20 heavy (non-hydrogen) atoms. The molecule has 2 aromatic carbocycles. The van der Waals surface area contributed by atoms with E-state index >= 15 is 0 Å². The Hall–Kier alpha value is -1.86. The third-order valence-electron chi connectivity index (χ3n) is 2.53. The molecule has 2 rings (SSSR count). The van der Waals surface area contributed by atoms with E-state index in [2.05, 4.69) is 20.7 Å². The minimum atomic E-state index is -3.74. The van der Waals surface area contributed by atoms with Gasteiger partial charge in [-0.25, -0.2) is 8.42 Å². The molecule has 1 amide bonds. The van der Waals surface area contributed by atoms with Gasteiger partial charge in [0.05, 0.1) is 0 Å². The molecule has 0 saturated heterocycles. The minimum absolute atomic E-state index is 0.115. The van der Waals surface area contributed by atoms with Crippen LogP contribution in [-0.2, 0) is 10.0 Å². The molecule has 104 valence electrons. The summed E-state index contributed by atoms with van der Waals surface area (Å²) in [7, 11) is -3.74. The Bertz CT molecular complexity index is 760. The second-order valence-electron chi connectivity index (χ2n) is 3.98. The van der Waals surface area contributed by atoms with Crippen molar-refractivity contribution in [1.82, 2.24) is 0 Å². The number of rotatable bonds is 4. The normalized spacial score (nSPS) is 11.1. The minimum Gasteiger partial charge on any atom is -0.366 e. The first-order valence-corrected chi connectivity index (χ1v) is 7.85. The molecule has 0 heterocycles. The van der Waals surface area contributed by atoms with Crippen LogP contribution in [0, 0.1) is 0 Å². The molecule has 0 aliphatic rings. The Labute approximate surface area is 125 Å². The number of nitrogens with two attached hydrogens (primary N) is 1. The molecular formula is C13H11BrN2O3S. The molecule has 0 aliphatic carbocycles. The average Bonchev–Trinajstić information content (AvgIpc) is 2.38. The number of sulfonamides is 1. The Morgan fingerprint density at radius 1 is 1.10 bits per heavy atom. The van der Waals surface area contributed by atoms with Crippen molar-refractivity contribution >= 4 is 37.5 Å². The lowest BCUT2D eigenvalue weighted by Gasteiger charge is -2.10. The van der Waals surface area contributed by atoms with Crippen LogP contribution in [0.1, 0.15) is 10.4 Å². The van der Waals surface area contributed by atoms with Crippen molar-refractivity contribution in [2.75, 3.05) is 4.72 Å². The summed E-state index contributed by atoms with van der Waals surface area (Å²) < 4.78 is 27.4. The number of carbonyl (C=O) groups is 1. The SMILES string of the molecule is NC(=O)c1cccc(NS(=O)(=O)c2ccccc2Br)c1. The summed E-state index contributed by atoms with van der Waals surface area (Å²) >= 11 is 3.19. The molecule has 0 fully saturated rings. The monoisotopic (exact) mass is 354 g/mol. The number of anilines is 1. The van der Waals surface area contributed by atoms with Crippen molar-refractivity contribution in [3.05, 3.63) is 58.6 Å². The van der Waals surface area contributed by atoms with Gasteiger partial charge in [0, 0.05) is 15.7 Å². The van der Waals surface area contributed by atoms with E-state index in [-0.39, 0.29) is 16.1 Å². The molecule has 0 saturated carbocycles. The molecular weight excluding hydrogens is 344 g/mol. The van der Waals surface area contributed by atoms with Crippen LogP contribution in [0.3, 0.4) is 0 Å². The highest BCUT2D eigenvalue weighted by Gasteiger charge is 2.17. The quantitative estimate of drug-likeness (QED) is 0.882. The van der Waals surface area contributed by atoms with Gasteiger partial charge in [0.2, 0.25) is 5.91 Å². The lowest BCUT2D eigenvalue weighted by atomic mass is 10.2. The Kier molecular flexibility index (Phi) is 4.10. The second kappa shape index (κ2) is 5.64. The van der Waals surface area contributed by atoms with Crippen molar-refractivity contribution in [3.8, 4) is 0 Å². The van der Waals surface area contributed by atoms with E-state index in [0.29, 0.717) is 4.47 Å². The lowest BCUT2D eigenvalue weighted by Crippen LogP contribution is -2.15. The number of hydrogen-bond acceptors (Lipinski definition) is 3. The van der Waals surface area contributed by atoms with Gasteiger partial charge >= 0.3 is 0 Å². The smallest absolute Gasteiger partial charge is 0.263 e. The van der Waals surface area contributed by atoms with E-state index in [1.165, 1.54) is 18.2 Å². The largest absolute Gasteiger partial charge is 0.366 e. The van der Waals surface area contributed by atoms with Crippen molar-refractivity contribution in [1.29, 1.82) is 0 Å². The molecule has 0 atom stereocenters. The van der Waals surface area contributed by atoms with E-state index in [0.717, 1.165) is 0 Å². The van der Waals surface area contributed by atoms with Gasteiger partial charge in [-0.2, -0.15) is 0 Å². The van der Waals surface area contributed by atoms with Crippen LogP contribution in [0.4, 0.5) is 5.69 Å². The molecule has 5 nitrogen and oxygen atoms in total. The van der Waals surface area contributed by atoms with Gasteiger partial charge in [-0.15, -0.1) is 0 Å².